The third kappa shape index (κ3) is 3.21. The van der Waals surface area contributed by atoms with Crippen LogP contribution in [0.4, 0.5) is 0 Å². The van der Waals surface area contributed by atoms with Gasteiger partial charge < -0.3 is 14.6 Å². The summed E-state index contributed by atoms with van der Waals surface area (Å²) in [4.78, 5) is 4.51. The molecule has 3 rings (SSSR count). The molecule has 2 N–H and O–H groups in total. The van der Waals surface area contributed by atoms with Crippen molar-refractivity contribution < 1.29 is 14.6 Å². The topological polar surface area (TPSA) is 66.5 Å². The summed E-state index contributed by atoms with van der Waals surface area (Å²) in [5.41, 5.74) is 3.34. The first-order valence-corrected chi connectivity index (χ1v) is 8.45. The van der Waals surface area contributed by atoms with Crippen molar-refractivity contribution in [1.82, 2.24) is 4.98 Å². The molecule has 0 aliphatic rings. The standard InChI is InChI=1S/C21H25NO3/c1-20(2,3)14-9-12(10-15(18(14)24)21(4,5)6)19-22-16-11-13(23)7-8-17(16)25-19/h7-11,23-24H,1-6H3. The zero-order chi connectivity index (χ0) is 18.6. The van der Waals surface area contributed by atoms with E-state index in [0.29, 0.717) is 22.7 Å². The first-order chi connectivity index (χ1) is 11.5. The summed E-state index contributed by atoms with van der Waals surface area (Å²) in [7, 11) is 0. The molecule has 0 saturated heterocycles. The molecule has 0 spiro atoms. The fourth-order valence-electron chi connectivity index (χ4n) is 2.94. The quantitative estimate of drug-likeness (QED) is 0.614. The zero-order valence-electron chi connectivity index (χ0n) is 15.6. The van der Waals surface area contributed by atoms with Gasteiger partial charge in [-0.05, 0) is 35.1 Å². The maximum atomic E-state index is 10.8. The second-order valence-corrected chi connectivity index (χ2v) is 8.59. The molecule has 0 amide bonds. The summed E-state index contributed by atoms with van der Waals surface area (Å²) in [5, 5.41) is 20.5. The van der Waals surface area contributed by atoms with Gasteiger partial charge in [-0.1, -0.05) is 41.5 Å². The van der Waals surface area contributed by atoms with E-state index in [1.165, 1.54) is 0 Å². The highest BCUT2D eigenvalue weighted by atomic mass is 16.3. The van der Waals surface area contributed by atoms with Crippen LogP contribution in [0.25, 0.3) is 22.6 Å². The predicted molar refractivity (Wildman–Crippen MR) is 100 cm³/mol. The molecule has 0 atom stereocenters. The van der Waals surface area contributed by atoms with Crippen molar-refractivity contribution in [2.24, 2.45) is 0 Å². The molecular weight excluding hydrogens is 314 g/mol. The number of hydrogen-bond donors (Lipinski definition) is 2. The summed E-state index contributed by atoms with van der Waals surface area (Å²) in [6.45, 7) is 12.4. The van der Waals surface area contributed by atoms with E-state index >= 15 is 0 Å². The zero-order valence-corrected chi connectivity index (χ0v) is 15.6. The van der Waals surface area contributed by atoms with Gasteiger partial charge in [0.25, 0.3) is 0 Å². The molecule has 132 valence electrons. The lowest BCUT2D eigenvalue weighted by Gasteiger charge is -2.27. The van der Waals surface area contributed by atoms with Gasteiger partial charge in [0.05, 0.1) is 0 Å². The number of aromatic nitrogens is 1. The molecule has 0 unspecified atom stereocenters. The molecule has 1 heterocycles. The highest BCUT2D eigenvalue weighted by Crippen LogP contribution is 2.42. The Morgan fingerprint density at radius 2 is 1.40 bits per heavy atom. The lowest BCUT2D eigenvalue weighted by atomic mass is 9.78. The lowest BCUT2D eigenvalue weighted by molar-refractivity contribution is 0.423. The minimum atomic E-state index is -0.218. The number of aromatic hydroxyl groups is 2. The molecule has 0 bridgehead atoms. The van der Waals surface area contributed by atoms with Gasteiger partial charge in [-0.15, -0.1) is 0 Å². The van der Waals surface area contributed by atoms with Crippen molar-refractivity contribution in [2.45, 2.75) is 52.4 Å². The van der Waals surface area contributed by atoms with Gasteiger partial charge >= 0.3 is 0 Å². The van der Waals surface area contributed by atoms with Crippen LogP contribution in [0.15, 0.2) is 34.7 Å². The van der Waals surface area contributed by atoms with Crippen LogP contribution in [-0.4, -0.2) is 15.2 Å². The van der Waals surface area contributed by atoms with E-state index in [-0.39, 0.29) is 16.6 Å². The molecule has 0 aliphatic heterocycles. The van der Waals surface area contributed by atoms with Gasteiger partial charge in [-0.3, -0.25) is 0 Å². The molecule has 3 aromatic rings. The minimum absolute atomic E-state index is 0.156. The molecule has 0 radical (unpaired) electrons. The summed E-state index contributed by atoms with van der Waals surface area (Å²) >= 11 is 0. The van der Waals surface area contributed by atoms with Crippen LogP contribution in [0, 0.1) is 0 Å². The number of oxazole rings is 1. The molecule has 2 aromatic carbocycles. The van der Waals surface area contributed by atoms with E-state index in [9.17, 15) is 10.2 Å². The number of fused-ring (bicyclic) bond motifs is 1. The monoisotopic (exact) mass is 339 g/mol. The van der Waals surface area contributed by atoms with Crippen LogP contribution in [0.3, 0.4) is 0 Å². The Morgan fingerprint density at radius 1 is 0.840 bits per heavy atom. The van der Waals surface area contributed by atoms with E-state index < -0.39 is 0 Å². The summed E-state index contributed by atoms with van der Waals surface area (Å²) < 4.78 is 5.88. The van der Waals surface area contributed by atoms with Crippen LogP contribution in [-0.2, 0) is 10.8 Å². The van der Waals surface area contributed by atoms with Crippen molar-refractivity contribution in [3.05, 3.63) is 41.5 Å². The number of rotatable bonds is 1. The first-order valence-electron chi connectivity index (χ1n) is 8.45. The Labute approximate surface area is 148 Å². The van der Waals surface area contributed by atoms with Gasteiger partial charge in [0, 0.05) is 22.8 Å². The smallest absolute Gasteiger partial charge is 0.227 e. The van der Waals surface area contributed by atoms with Crippen molar-refractivity contribution in [2.75, 3.05) is 0 Å². The Balaban J connectivity index is 2.27. The van der Waals surface area contributed by atoms with Crippen LogP contribution >= 0.6 is 0 Å². The number of nitrogens with zero attached hydrogens (tertiary/aromatic N) is 1. The Kier molecular flexibility index (Phi) is 3.82. The summed E-state index contributed by atoms with van der Waals surface area (Å²) in [6.07, 6.45) is 0. The number of phenolic OH excluding ortho intramolecular Hbond substituents is 2. The van der Waals surface area contributed by atoms with E-state index in [1.807, 2.05) is 12.1 Å². The van der Waals surface area contributed by atoms with E-state index in [0.717, 1.165) is 16.7 Å². The van der Waals surface area contributed by atoms with Gasteiger partial charge in [0.15, 0.2) is 5.58 Å². The van der Waals surface area contributed by atoms with Crippen LogP contribution in [0.5, 0.6) is 11.5 Å². The van der Waals surface area contributed by atoms with Gasteiger partial charge in [0.1, 0.15) is 17.0 Å². The first kappa shape index (κ1) is 17.3. The van der Waals surface area contributed by atoms with Gasteiger partial charge in [0.2, 0.25) is 5.89 Å². The summed E-state index contributed by atoms with van der Waals surface area (Å²) in [6, 6.07) is 8.74. The fourth-order valence-corrected chi connectivity index (χ4v) is 2.94. The average Bonchev–Trinajstić information content (AvgIpc) is 2.87. The molecular formula is C21H25NO3. The van der Waals surface area contributed by atoms with Crippen molar-refractivity contribution >= 4 is 11.1 Å². The van der Waals surface area contributed by atoms with E-state index in [1.54, 1.807) is 18.2 Å². The minimum Gasteiger partial charge on any atom is -0.508 e. The molecule has 1 aromatic heterocycles. The normalized spacial score (nSPS) is 12.7. The Hall–Kier alpha value is -2.49. The highest BCUT2D eigenvalue weighted by Gasteiger charge is 2.27. The average molecular weight is 339 g/mol. The van der Waals surface area contributed by atoms with Crippen LogP contribution in [0.2, 0.25) is 0 Å². The van der Waals surface area contributed by atoms with Crippen LogP contribution < -0.4 is 0 Å². The molecule has 25 heavy (non-hydrogen) atoms. The number of hydrogen-bond acceptors (Lipinski definition) is 4. The maximum Gasteiger partial charge on any atom is 0.227 e. The third-order valence-electron chi connectivity index (χ3n) is 4.34. The second kappa shape index (κ2) is 5.51. The van der Waals surface area contributed by atoms with Crippen LogP contribution in [0.1, 0.15) is 52.7 Å². The SMILES string of the molecule is CC(C)(C)c1cc(-c2nc3cc(O)ccc3o2)cc(C(C)(C)C)c1O. The molecule has 0 saturated carbocycles. The number of benzene rings is 2. The van der Waals surface area contributed by atoms with Crippen molar-refractivity contribution in [1.29, 1.82) is 0 Å². The van der Waals surface area contributed by atoms with Gasteiger partial charge in [-0.25, -0.2) is 4.98 Å². The Morgan fingerprint density at radius 3 is 1.92 bits per heavy atom. The molecule has 0 aliphatic carbocycles. The predicted octanol–water partition coefficient (Wildman–Crippen LogP) is 5.50. The van der Waals surface area contributed by atoms with Crippen molar-refractivity contribution in [3.63, 3.8) is 0 Å². The molecule has 0 fully saturated rings. The highest BCUT2D eigenvalue weighted by molar-refractivity contribution is 5.78. The molecule has 4 heteroatoms. The lowest BCUT2D eigenvalue weighted by Crippen LogP contribution is -2.17. The Bertz CT molecular complexity index is 905. The number of phenols is 2. The second-order valence-electron chi connectivity index (χ2n) is 8.59. The summed E-state index contributed by atoms with van der Waals surface area (Å²) in [5.74, 6) is 0.970. The van der Waals surface area contributed by atoms with Crippen molar-refractivity contribution in [3.8, 4) is 23.0 Å². The van der Waals surface area contributed by atoms with Gasteiger partial charge in [-0.2, -0.15) is 0 Å². The maximum absolute atomic E-state index is 10.8. The van der Waals surface area contributed by atoms with E-state index in [2.05, 4.69) is 46.5 Å². The fraction of sp³-hybridized carbons (Fsp3) is 0.381. The third-order valence-corrected chi connectivity index (χ3v) is 4.34. The van der Waals surface area contributed by atoms with E-state index in [4.69, 9.17) is 4.42 Å². The molecule has 4 nitrogen and oxygen atoms in total. The largest absolute Gasteiger partial charge is 0.508 e.